The first-order chi connectivity index (χ1) is 44.1. The van der Waals surface area contributed by atoms with Crippen molar-refractivity contribution in [3.63, 3.8) is 0 Å². The van der Waals surface area contributed by atoms with Crippen LogP contribution in [-0.4, -0.2) is 49.0 Å². The average molecular weight is 1630 g/mol. The largest absolute Gasteiger partial charge is 0.512 e. The minimum absolute atomic E-state index is 0. The maximum absolute atomic E-state index is 10.0. The fourth-order valence-electron chi connectivity index (χ4n) is 13.9. The summed E-state index contributed by atoms with van der Waals surface area (Å²) in [5.41, 5.74) is 14.8. The zero-order chi connectivity index (χ0) is 62.2. The molecule has 4 aliphatic heterocycles. The molecule has 6 heterocycles. The van der Waals surface area contributed by atoms with Crippen LogP contribution in [0.5, 0.6) is 0 Å². The molecule has 0 spiro atoms. The summed E-state index contributed by atoms with van der Waals surface area (Å²) in [5, 5.41) is 27.8. The van der Waals surface area contributed by atoms with E-state index in [0.717, 1.165) is 67.1 Å². The first kappa shape index (κ1) is 62.0. The molecule has 12 aromatic carbocycles. The van der Waals surface area contributed by atoms with E-state index in [1.807, 2.05) is 12.1 Å². The molecular formula is C79H58Ir2N6O2P2S2-2. The Morgan fingerprint density at radius 3 is 0.957 bits per heavy atom. The van der Waals surface area contributed by atoms with E-state index in [1.165, 1.54) is 118 Å². The molecule has 93 heavy (non-hydrogen) atoms. The number of pyridine rings is 2. The van der Waals surface area contributed by atoms with Crippen molar-refractivity contribution in [2.24, 2.45) is 0 Å². The second-order valence-corrected chi connectivity index (χ2v) is 32.5. The molecule has 2 unspecified atom stereocenters. The number of rotatable bonds is 3. The standard InChI is InChI=1S/2C37H25N3PS.C5H8O2.2Ir/c2*1-39-31-17-24-10-3-5-12-26(24)21-35(31)41(42)36-22-27-13-6-4-11-25(27)18-32(36)40(2)34-20-28(19-33(39)37(34)41)30-16-15-23-9-7-8-14-29(23)38-30;1-4(6)3-5(2)7;;/h2*3-19,21-22H,1-2H3;3,6H,1-2H3;;/q2*-1;;;. The summed E-state index contributed by atoms with van der Waals surface area (Å²) in [7, 11) is 8.67. The minimum atomic E-state index is -2.45. The fraction of sp³-hybridized carbons (Fsp3) is 0.0759. The summed E-state index contributed by atoms with van der Waals surface area (Å²) in [4.78, 5) is 29.4. The number of aliphatic hydroxyl groups is 1. The van der Waals surface area contributed by atoms with Gasteiger partial charge >= 0.3 is 0 Å². The van der Waals surface area contributed by atoms with Gasteiger partial charge in [0.25, 0.3) is 0 Å². The van der Waals surface area contributed by atoms with Crippen molar-refractivity contribution in [1.29, 1.82) is 0 Å². The van der Waals surface area contributed by atoms with Crippen LogP contribution < -0.4 is 51.4 Å². The average Bonchev–Trinajstić information content (AvgIpc) is 0.691. The van der Waals surface area contributed by atoms with E-state index in [0.29, 0.717) is 0 Å². The number of para-hydroxylation sites is 2. The maximum atomic E-state index is 10.0. The number of carbonyl (C=O) groups is 1. The summed E-state index contributed by atoms with van der Waals surface area (Å²) in [5.74, 6) is -0.0625. The molecule has 458 valence electrons. The number of anilines is 8. The normalized spacial score (nSPS) is 16.1. The molecule has 0 saturated carbocycles. The number of nitrogens with zero attached hydrogens (tertiary/aromatic N) is 6. The molecule has 18 rings (SSSR count). The quantitative estimate of drug-likeness (QED) is 0.0800. The predicted octanol–water partition coefficient (Wildman–Crippen LogP) is 16.9. The van der Waals surface area contributed by atoms with Gasteiger partial charge in [0.2, 0.25) is 0 Å². The molecule has 4 aliphatic rings. The van der Waals surface area contributed by atoms with Crippen LogP contribution in [0.15, 0.2) is 242 Å². The van der Waals surface area contributed by atoms with Crippen molar-refractivity contribution in [3.8, 4) is 22.5 Å². The zero-order valence-electron chi connectivity index (χ0n) is 51.4. The number of hydrogen-bond acceptors (Lipinski definition) is 10. The molecule has 2 radical (unpaired) electrons. The zero-order valence-corrected chi connectivity index (χ0v) is 59.6. The molecule has 14 aromatic rings. The Balaban J connectivity index is 0.000000143. The number of ketones is 1. The molecule has 0 amide bonds. The first-order valence-corrected chi connectivity index (χ1v) is 35.8. The van der Waals surface area contributed by atoms with Gasteiger partial charge in [-0.1, -0.05) is 181 Å². The number of benzene rings is 12. The summed E-state index contributed by atoms with van der Waals surface area (Å²) in [6, 6.07) is 85.5. The van der Waals surface area contributed by atoms with Crippen LogP contribution in [0.4, 0.5) is 45.5 Å². The van der Waals surface area contributed by atoms with Crippen molar-refractivity contribution in [2.45, 2.75) is 13.8 Å². The smallest absolute Gasteiger partial charge is 0.155 e. The molecular weight excluding hydrogens is 1580 g/mol. The van der Waals surface area contributed by atoms with Crippen molar-refractivity contribution in [3.05, 3.63) is 254 Å². The fourth-order valence-corrected chi connectivity index (χ4v) is 23.7. The molecule has 1 N–H and O–H groups in total. The molecule has 2 atom stereocenters. The van der Waals surface area contributed by atoms with E-state index in [-0.39, 0.29) is 51.8 Å². The van der Waals surface area contributed by atoms with Gasteiger partial charge in [-0.2, -0.15) is 0 Å². The molecule has 0 aliphatic carbocycles. The summed E-state index contributed by atoms with van der Waals surface area (Å²) < 4.78 is 0. The number of allylic oxidation sites excluding steroid dienone is 2. The Morgan fingerprint density at radius 2 is 0.667 bits per heavy atom. The van der Waals surface area contributed by atoms with Gasteiger partial charge in [0.1, 0.15) is 0 Å². The first-order valence-electron chi connectivity index (χ1n) is 30.2. The van der Waals surface area contributed by atoms with Gasteiger partial charge in [-0.3, -0.25) is 14.8 Å². The van der Waals surface area contributed by atoms with Crippen LogP contribution in [0.25, 0.3) is 87.4 Å². The van der Waals surface area contributed by atoms with E-state index in [1.54, 1.807) is 0 Å². The number of aromatic nitrogens is 2. The van der Waals surface area contributed by atoms with Crippen molar-refractivity contribution in [2.75, 3.05) is 47.8 Å². The Labute approximate surface area is 577 Å². The van der Waals surface area contributed by atoms with Crippen LogP contribution in [-0.2, 0) is 68.6 Å². The van der Waals surface area contributed by atoms with Crippen LogP contribution >= 0.6 is 12.1 Å². The van der Waals surface area contributed by atoms with Crippen LogP contribution in [0, 0.1) is 12.1 Å². The molecule has 0 bridgehead atoms. The van der Waals surface area contributed by atoms with E-state index in [2.05, 4.69) is 278 Å². The van der Waals surface area contributed by atoms with Gasteiger partial charge in [0.05, 0.1) is 16.8 Å². The maximum Gasteiger partial charge on any atom is 0.155 e. The minimum Gasteiger partial charge on any atom is -0.512 e. The van der Waals surface area contributed by atoms with Crippen LogP contribution in [0.2, 0.25) is 0 Å². The SMILES string of the molecule is CC(=O)C=C(C)O.CN1c2[c-]c(-c3ccc4ccccc4n3)cc3c2P(=S)(c2cc4ccccc4cc21)c1cc2ccccc2cc1N3C.CN1c2[c-]c(-c3ccc4ccccc4n3)cc3c2P(=S)(c2cc4ccccc4cc21)c1cc2ccccc2cc1N3C.[Ir].[Ir]. The topological polar surface area (TPSA) is 76.0 Å². The third-order valence-electron chi connectivity index (χ3n) is 18.4. The van der Waals surface area contributed by atoms with E-state index >= 15 is 0 Å². The monoisotopic (exact) mass is 1630 g/mol. The van der Waals surface area contributed by atoms with Gasteiger partial charge in [-0.05, 0) is 173 Å². The molecule has 0 fully saturated rings. The van der Waals surface area contributed by atoms with Gasteiger partial charge in [0, 0.05) is 131 Å². The Kier molecular flexibility index (Phi) is 15.9. The summed E-state index contributed by atoms with van der Waals surface area (Å²) in [6.45, 7) is 2.85. The Morgan fingerprint density at radius 1 is 0.387 bits per heavy atom. The van der Waals surface area contributed by atoms with Crippen molar-refractivity contribution < 1.29 is 50.1 Å². The molecule has 14 heteroatoms. The Hall–Kier alpha value is -8.49. The van der Waals surface area contributed by atoms with Gasteiger partial charge < -0.3 is 24.7 Å². The summed E-state index contributed by atoms with van der Waals surface area (Å²) >= 11 is 14.1. The van der Waals surface area contributed by atoms with E-state index in [9.17, 15) is 4.79 Å². The molecule has 8 nitrogen and oxygen atoms in total. The summed E-state index contributed by atoms with van der Waals surface area (Å²) in [6.07, 6.45) is 1.17. The number of hydrogen-bond donors (Lipinski definition) is 1. The van der Waals surface area contributed by atoms with Gasteiger partial charge in [-0.15, -0.1) is 35.4 Å². The van der Waals surface area contributed by atoms with Crippen LogP contribution in [0.1, 0.15) is 13.8 Å². The van der Waals surface area contributed by atoms with Gasteiger partial charge in [0.15, 0.2) is 5.78 Å². The predicted molar refractivity (Wildman–Crippen MR) is 394 cm³/mol. The van der Waals surface area contributed by atoms with E-state index in [4.69, 9.17) is 38.7 Å². The Bertz CT molecular complexity index is 5070. The second-order valence-electron chi connectivity index (χ2n) is 23.9. The van der Waals surface area contributed by atoms with Crippen LogP contribution in [0.3, 0.4) is 0 Å². The van der Waals surface area contributed by atoms with Gasteiger partial charge in [-0.25, -0.2) is 0 Å². The molecule has 0 saturated heterocycles. The number of aliphatic hydroxyl groups excluding tert-OH is 1. The molecule has 2 aromatic heterocycles. The number of carbonyl (C=O) groups excluding carboxylic acids is 1. The number of fused-ring (bicyclic) bond motifs is 14. The van der Waals surface area contributed by atoms with Crippen molar-refractivity contribution in [1.82, 2.24) is 9.97 Å². The second kappa shape index (κ2) is 23.8. The third kappa shape index (κ3) is 10.0. The third-order valence-corrected chi connectivity index (χ3v) is 28.1. The van der Waals surface area contributed by atoms with Crippen molar-refractivity contribution >= 4 is 184 Å². The van der Waals surface area contributed by atoms with E-state index < -0.39 is 12.1 Å².